The van der Waals surface area contributed by atoms with Gasteiger partial charge >= 0.3 is 6.18 Å². The lowest BCUT2D eigenvalue weighted by molar-refractivity contribution is -0.147. The summed E-state index contributed by atoms with van der Waals surface area (Å²) in [6.07, 6.45) is -0.581. The lowest BCUT2D eigenvalue weighted by Gasteiger charge is -2.28. The first-order valence-electron chi connectivity index (χ1n) is 7.53. The zero-order valence-electron chi connectivity index (χ0n) is 12.8. The molecule has 21 heavy (non-hydrogen) atoms. The van der Waals surface area contributed by atoms with Crippen LogP contribution in [0.25, 0.3) is 0 Å². The van der Waals surface area contributed by atoms with Crippen LogP contribution in [0.2, 0.25) is 0 Å². The molecule has 0 saturated heterocycles. The number of hydrogen-bond acceptors (Lipinski definition) is 3. The van der Waals surface area contributed by atoms with Crippen molar-refractivity contribution < 1.29 is 18.0 Å². The Labute approximate surface area is 124 Å². The Morgan fingerprint density at radius 1 is 1.33 bits per heavy atom. The molecule has 1 aliphatic rings. The molecule has 0 heterocycles. The van der Waals surface area contributed by atoms with E-state index in [1.807, 2.05) is 6.92 Å². The van der Waals surface area contributed by atoms with Crippen LogP contribution in [0.15, 0.2) is 0 Å². The number of carbonyl (C=O) groups excluding carboxylic acids is 1. The number of nitrogens with zero attached hydrogens (tertiary/aromatic N) is 1. The molecule has 124 valence electrons. The first-order chi connectivity index (χ1) is 9.68. The predicted molar refractivity (Wildman–Crippen MR) is 75.8 cm³/mol. The van der Waals surface area contributed by atoms with Crippen LogP contribution in [0, 0.1) is 0 Å². The number of nitrogens with one attached hydrogen (secondary N) is 1. The Morgan fingerprint density at radius 2 is 1.95 bits per heavy atom. The summed E-state index contributed by atoms with van der Waals surface area (Å²) in [5.74, 6) is -0.418. The fourth-order valence-electron chi connectivity index (χ4n) is 2.54. The average molecular weight is 309 g/mol. The Kier molecular flexibility index (Phi) is 6.46. The third-order valence-electron chi connectivity index (χ3n) is 3.93. The maximum Gasteiger partial charge on any atom is 0.401 e. The molecular weight excluding hydrogens is 283 g/mol. The second-order valence-electron chi connectivity index (χ2n) is 6.00. The number of hydrogen-bond donors (Lipinski definition) is 2. The smallest absolute Gasteiger partial charge is 0.368 e. The van der Waals surface area contributed by atoms with E-state index in [0.717, 1.165) is 12.8 Å². The maximum absolute atomic E-state index is 12.5. The van der Waals surface area contributed by atoms with Gasteiger partial charge in [0.2, 0.25) is 5.91 Å². The highest BCUT2D eigenvalue weighted by molar-refractivity contribution is 5.84. The number of amides is 1. The molecule has 0 spiro atoms. The van der Waals surface area contributed by atoms with Crippen LogP contribution < -0.4 is 11.1 Å². The number of likely N-dealkylation sites (N-methyl/N-ethyl adjacent to an activating group) is 1. The summed E-state index contributed by atoms with van der Waals surface area (Å²) in [5, 5.41) is 3.05. The van der Waals surface area contributed by atoms with E-state index in [2.05, 4.69) is 5.32 Å². The third-order valence-corrected chi connectivity index (χ3v) is 3.93. The van der Waals surface area contributed by atoms with Gasteiger partial charge in [-0.2, -0.15) is 13.2 Å². The van der Waals surface area contributed by atoms with Crippen LogP contribution in [0.1, 0.15) is 46.0 Å². The van der Waals surface area contributed by atoms with Gasteiger partial charge in [-0.05, 0) is 52.1 Å². The van der Waals surface area contributed by atoms with Gasteiger partial charge in [-0.25, -0.2) is 0 Å². The summed E-state index contributed by atoms with van der Waals surface area (Å²) in [5.41, 5.74) is 4.61. The second-order valence-corrected chi connectivity index (χ2v) is 6.00. The van der Waals surface area contributed by atoms with Crippen molar-refractivity contribution in [3.8, 4) is 0 Å². The third kappa shape index (κ3) is 6.65. The summed E-state index contributed by atoms with van der Waals surface area (Å²) in [6, 6.07) is 0.0860. The van der Waals surface area contributed by atoms with E-state index >= 15 is 0 Å². The summed E-state index contributed by atoms with van der Waals surface area (Å²) in [4.78, 5) is 13.0. The van der Waals surface area contributed by atoms with E-state index < -0.39 is 24.2 Å². The number of carbonyl (C=O) groups is 1. The van der Waals surface area contributed by atoms with Gasteiger partial charge in [-0.1, -0.05) is 6.92 Å². The molecule has 1 aliphatic carbocycles. The molecule has 0 bridgehead atoms. The van der Waals surface area contributed by atoms with Crippen LogP contribution in [0.5, 0.6) is 0 Å². The molecule has 0 radical (unpaired) electrons. The van der Waals surface area contributed by atoms with Gasteiger partial charge in [-0.3, -0.25) is 9.69 Å². The van der Waals surface area contributed by atoms with Crippen LogP contribution in [0.4, 0.5) is 13.2 Å². The van der Waals surface area contributed by atoms with E-state index in [1.54, 1.807) is 6.92 Å². The number of nitrogens with two attached hydrogens (primary N) is 1. The molecule has 1 saturated carbocycles. The molecule has 7 heteroatoms. The Morgan fingerprint density at radius 3 is 2.38 bits per heavy atom. The molecule has 0 aromatic rings. The summed E-state index contributed by atoms with van der Waals surface area (Å²) >= 11 is 0. The normalized spacial score (nSPS) is 18.8. The number of primary amides is 1. The predicted octanol–water partition coefficient (Wildman–Crippen LogP) is 2.04. The van der Waals surface area contributed by atoms with E-state index in [-0.39, 0.29) is 6.04 Å². The van der Waals surface area contributed by atoms with Crippen LogP contribution >= 0.6 is 0 Å². The van der Waals surface area contributed by atoms with Gasteiger partial charge in [0, 0.05) is 6.04 Å². The molecule has 1 amide bonds. The minimum Gasteiger partial charge on any atom is -0.368 e. The van der Waals surface area contributed by atoms with Crippen molar-refractivity contribution in [3.05, 3.63) is 0 Å². The van der Waals surface area contributed by atoms with Gasteiger partial charge in [0.1, 0.15) is 0 Å². The van der Waals surface area contributed by atoms with Crippen LogP contribution in [-0.2, 0) is 4.79 Å². The summed E-state index contributed by atoms with van der Waals surface area (Å²) in [6.45, 7) is 3.84. The topological polar surface area (TPSA) is 58.4 Å². The molecule has 0 aromatic heterocycles. The van der Waals surface area contributed by atoms with E-state index in [9.17, 15) is 18.0 Å². The fraction of sp³-hybridized carbons (Fsp3) is 0.929. The van der Waals surface area contributed by atoms with Crippen molar-refractivity contribution in [2.45, 2.75) is 63.7 Å². The zero-order valence-corrected chi connectivity index (χ0v) is 12.8. The SMILES string of the molecule is CCNC(C)(CCCCN(CC(F)(F)F)C1CC1)C(N)=O. The molecule has 1 rings (SSSR count). The molecule has 1 unspecified atom stereocenters. The van der Waals surface area contributed by atoms with E-state index in [4.69, 9.17) is 5.73 Å². The van der Waals surface area contributed by atoms with Gasteiger partial charge in [0.05, 0.1) is 12.1 Å². The van der Waals surface area contributed by atoms with E-state index in [1.165, 1.54) is 4.90 Å². The Hall–Kier alpha value is -0.820. The van der Waals surface area contributed by atoms with Gasteiger partial charge in [-0.15, -0.1) is 0 Å². The average Bonchev–Trinajstić information content (AvgIpc) is 3.16. The van der Waals surface area contributed by atoms with Crippen molar-refractivity contribution in [2.75, 3.05) is 19.6 Å². The standard InChI is InChI=1S/C14H26F3N3O/c1-3-19-13(2,12(18)21)8-4-5-9-20(11-6-7-11)10-14(15,16)17/h11,19H,3-10H2,1-2H3,(H2,18,21). The highest BCUT2D eigenvalue weighted by Gasteiger charge is 2.37. The lowest BCUT2D eigenvalue weighted by Crippen LogP contribution is -2.53. The molecule has 0 aromatic carbocycles. The second kappa shape index (κ2) is 7.45. The minimum atomic E-state index is -4.14. The van der Waals surface area contributed by atoms with Crippen molar-refractivity contribution in [3.63, 3.8) is 0 Å². The largest absolute Gasteiger partial charge is 0.401 e. The first kappa shape index (κ1) is 18.2. The summed E-state index contributed by atoms with van der Waals surface area (Å²) < 4.78 is 37.5. The van der Waals surface area contributed by atoms with Crippen molar-refractivity contribution in [2.24, 2.45) is 5.73 Å². The fourth-order valence-corrected chi connectivity index (χ4v) is 2.54. The number of halogens is 3. The van der Waals surface area contributed by atoms with E-state index in [0.29, 0.717) is 32.4 Å². The van der Waals surface area contributed by atoms with Crippen LogP contribution in [0.3, 0.4) is 0 Å². The highest BCUT2D eigenvalue weighted by atomic mass is 19.4. The number of unbranched alkanes of at least 4 members (excludes halogenated alkanes) is 1. The summed E-state index contributed by atoms with van der Waals surface area (Å²) in [7, 11) is 0. The van der Waals surface area contributed by atoms with Gasteiger partial charge < -0.3 is 11.1 Å². The highest BCUT2D eigenvalue weighted by Crippen LogP contribution is 2.30. The molecule has 3 N–H and O–H groups in total. The molecule has 1 atom stereocenters. The number of alkyl halides is 3. The van der Waals surface area contributed by atoms with Crippen molar-refractivity contribution in [1.29, 1.82) is 0 Å². The van der Waals surface area contributed by atoms with Gasteiger partial charge in [0.15, 0.2) is 0 Å². The maximum atomic E-state index is 12.5. The quantitative estimate of drug-likeness (QED) is 0.607. The first-order valence-corrected chi connectivity index (χ1v) is 7.53. The molecule has 4 nitrogen and oxygen atoms in total. The number of rotatable bonds is 10. The monoisotopic (exact) mass is 309 g/mol. The molecular formula is C14H26F3N3O. The zero-order chi connectivity index (χ0) is 16.1. The molecule has 1 fully saturated rings. The van der Waals surface area contributed by atoms with Crippen molar-refractivity contribution >= 4 is 5.91 Å². The lowest BCUT2D eigenvalue weighted by atomic mass is 9.94. The Balaban J connectivity index is 2.35. The van der Waals surface area contributed by atoms with Crippen molar-refractivity contribution in [1.82, 2.24) is 10.2 Å². The van der Waals surface area contributed by atoms with Crippen LogP contribution in [-0.4, -0.2) is 48.2 Å². The molecule has 0 aliphatic heterocycles. The minimum absolute atomic E-state index is 0.0860. The Bertz CT molecular complexity index is 345. The van der Waals surface area contributed by atoms with Gasteiger partial charge in [0.25, 0.3) is 0 Å².